The van der Waals surface area contributed by atoms with E-state index in [-0.39, 0.29) is 5.57 Å². The summed E-state index contributed by atoms with van der Waals surface area (Å²) in [5, 5.41) is 0.616. The van der Waals surface area contributed by atoms with Gasteiger partial charge >= 0.3 is 6.03 Å². The Morgan fingerprint density at radius 2 is 1.22 bits per heavy atom. The molecule has 3 aromatic carbocycles. The third-order valence-electron chi connectivity index (χ3n) is 6.18. The fourth-order valence-electron chi connectivity index (χ4n) is 4.34. The Balaban J connectivity index is 1.83. The standard InChI is InChI=1S/C29H22ClN3O3/c1-31-27(34)24(28(35)32(2)29(31)36)17-21-18-25(19-9-5-3-6-10-19)33(23-15-13-22(30)14-16-23)26(21)20-11-7-4-8-12-20/h3-18H,1-2H3. The Morgan fingerprint density at radius 3 is 1.78 bits per heavy atom. The van der Waals surface area contributed by atoms with E-state index in [2.05, 4.69) is 4.57 Å². The summed E-state index contributed by atoms with van der Waals surface area (Å²) >= 11 is 6.19. The molecule has 0 aliphatic carbocycles. The molecule has 0 N–H and O–H groups in total. The van der Waals surface area contributed by atoms with E-state index < -0.39 is 17.8 Å². The van der Waals surface area contributed by atoms with Gasteiger partial charge in [-0.05, 0) is 47.5 Å². The van der Waals surface area contributed by atoms with Crippen LogP contribution in [0.4, 0.5) is 4.79 Å². The van der Waals surface area contributed by atoms with Crippen molar-refractivity contribution in [3.05, 3.63) is 107 Å². The third-order valence-corrected chi connectivity index (χ3v) is 6.43. The van der Waals surface area contributed by atoms with Crippen LogP contribution in [0, 0.1) is 0 Å². The second-order valence-corrected chi connectivity index (χ2v) is 8.88. The first kappa shape index (κ1) is 23.3. The number of halogens is 1. The van der Waals surface area contributed by atoms with Crippen molar-refractivity contribution in [2.75, 3.05) is 14.1 Å². The summed E-state index contributed by atoms with van der Waals surface area (Å²) in [5.74, 6) is -1.27. The van der Waals surface area contributed by atoms with Crippen LogP contribution in [-0.4, -0.2) is 46.3 Å². The molecule has 2 heterocycles. The predicted octanol–water partition coefficient (Wildman–Crippen LogP) is 5.90. The van der Waals surface area contributed by atoms with Gasteiger partial charge in [0.15, 0.2) is 0 Å². The van der Waals surface area contributed by atoms with E-state index in [1.54, 1.807) is 6.08 Å². The summed E-state index contributed by atoms with van der Waals surface area (Å²) in [4.78, 5) is 40.1. The summed E-state index contributed by atoms with van der Waals surface area (Å²) in [6, 6.07) is 28.4. The van der Waals surface area contributed by atoms with Gasteiger partial charge in [-0.1, -0.05) is 72.3 Å². The van der Waals surface area contributed by atoms with Gasteiger partial charge in [0.05, 0.1) is 11.4 Å². The number of barbiturate groups is 1. The van der Waals surface area contributed by atoms with E-state index in [9.17, 15) is 14.4 Å². The maximum absolute atomic E-state index is 13.0. The molecule has 0 spiro atoms. The Bertz CT molecular complexity index is 1480. The highest BCUT2D eigenvalue weighted by molar-refractivity contribution is 6.31. The molecular formula is C29H22ClN3O3. The molecule has 1 aliphatic rings. The number of likely N-dealkylation sites (N-methyl/N-ethyl adjacent to an activating group) is 2. The van der Waals surface area contributed by atoms with Gasteiger partial charge in [-0.3, -0.25) is 19.4 Å². The van der Waals surface area contributed by atoms with Gasteiger partial charge in [-0.25, -0.2) is 4.79 Å². The average Bonchev–Trinajstić information content (AvgIpc) is 3.29. The molecule has 4 aromatic rings. The molecular weight excluding hydrogens is 474 g/mol. The number of urea groups is 1. The van der Waals surface area contributed by atoms with E-state index in [0.29, 0.717) is 10.6 Å². The molecule has 1 fully saturated rings. The maximum atomic E-state index is 13.0. The van der Waals surface area contributed by atoms with Crippen LogP contribution < -0.4 is 0 Å². The lowest BCUT2D eigenvalue weighted by Gasteiger charge is -2.28. The number of hydrogen-bond acceptors (Lipinski definition) is 3. The fraction of sp³-hybridized carbons (Fsp3) is 0.0690. The number of benzene rings is 3. The fourth-order valence-corrected chi connectivity index (χ4v) is 4.47. The molecule has 36 heavy (non-hydrogen) atoms. The van der Waals surface area contributed by atoms with E-state index in [4.69, 9.17) is 11.6 Å². The molecule has 0 radical (unpaired) electrons. The van der Waals surface area contributed by atoms with Crippen molar-refractivity contribution in [3.63, 3.8) is 0 Å². The Morgan fingerprint density at radius 1 is 0.694 bits per heavy atom. The number of carbonyl (C=O) groups excluding carboxylic acids is 3. The molecule has 1 aliphatic heterocycles. The summed E-state index contributed by atoms with van der Waals surface area (Å²) in [6.07, 6.45) is 1.57. The number of aromatic nitrogens is 1. The largest absolute Gasteiger partial charge is 0.333 e. The third kappa shape index (κ3) is 4.01. The molecule has 5 rings (SSSR count). The van der Waals surface area contributed by atoms with Crippen LogP contribution in [-0.2, 0) is 9.59 Å². The first-order chi connectivity index (χ1) is 17.4. The van der Waals surface area contributed by atoms with Crippen molar-refractivity contribution >= 4 is 35.5 Å². The molecule has 0 saturated carbocycles. The summed E-state index contributed by atoms with van der Waals surface area (Å²) < 4.78 is 2.09. The lowest BCUT2D eigenvalue weighted by atomic mass is 10.0. The number of amides is 4. The molecule has 1 saturated heterocycles. The van der Waals surface area contributed by atoms with Crippen LogP contribution in [0.15, 0.2) is 96.6 Å². The second-order valence-electron chi connectivity index (χ2n) is 8.45. The number of nitrogens with zero attached hydrogens (tertiary/aromatic N) is 3. The van der Waals surface area contributed by atoms with Crippen LogP contribution in [0.5, 0.6) is 0 Å². The van der Waals surface area contributed by atoms with Gasteiger partial charge < -0.3 is 4.57 Å². The van der Waals surface area contributed by atoms with Crippen molar-refractivity contribution in [2.24, 2.45) is 0 Å². The van der Waals surface area contributed by atoms with Gasteiger partial charge in [0.25, 0.3) is 11.8 Å². The normalized spacial score (nSPS) is 14.0. The molecule has 0 unspecified atom stereocenters. The van der Waals surface area contributed by atoms with Crippen molar-refractivity contribution in [2.45, 2.75) is 0 Å². The first-order valence-corrected chi connectivity index (χ1v) is 11.7. The van der Waals surface area contributed by atoms with E-state index in [0.717, 1.165) is 38.0 Å². The van der Waals surface area contributed by atoms with Gasteiger partial charge in [0.2, 0.25) is 0 Å². The molecule has 178 valence electrons. The van der Waals surface area contributed by atoms with Crippen LogP contribution in [0.2, 0.25) is 5.02 Å². The quantitative estimate of drug-likeness (QED) is 0.261. The summed E-state index contributed by atoms with van der Waals surface area (Å²) in [7, 11) is 2.74. The summed E-state index contributed by atoms with van der Waals surface area (Å²) in [5.41, 5.74) is 4.99. The lowest BCUT2D eigenvalue weighted by molar-refractivity contribution is -0.134. The first-order valence-electron chi connectivity index (χ1n) is 11.3. The minimum absolute atomic E-state index is 0.0790. The highest BCUT2D eigenvalue weighted by Crippen LogP contribution is 2.38. The minimum Gasteiger partial charge on any atom is -0.309 e. The Labute approximate surface area is 213 Å². The highest BCUT2D eigenvalue weighted by Gasteiger charge is 2.38. The van der Waals surface area contributed by atoms with Crippen molar-refractivity contribution in [1.82, 2.24) is 14.4 Å². The zero-order valence-corrected chi connectivity index (χ0v) is 20.4. The van der Waals surface area contributed by atoms with Crippen LogP contribution in [0.1, 0.15) is 5.56 Å². The Kier molecular flexibility index (Phi) is 6.04. The predicted molar refractivity (Wildman–Crippen MR) is 141 cm³/mol. The topological polar surface area (TPSA) is 62.6 Å². The highest BCUT2D eigenvalue weighted by atomic mass is 35.5. The number of rotatable bonds is 4. The van der Waals surface area contributed by atoms with Gasteiger partial charge in [0, 0.05) is 30.4 Å². The van der Waals surface area contributed by atoms with Crippen molar-refractivity contribution in [3.8, 4) is 28.2 Å². The Hall–Kier alpha value is -4.42. The SMILES string of the molecule is CN1C(=O)C(=Cc2cc(-c3ccccc3)n(-c3ccc(Cl)cc3)c2-c2ccccc2)C(=O)N(C)C1=O. The van der Waals surface area contributed by atoms with Crippen LogP contribution >= 0.6 is 11.6 Å². The number of hydrogen-bond donors (Lipinski definition) is 0. The van der Waals surface area contributed by atoms with E-state index in [1.807, 2.05) is 91.0 Å². The van der Waals surface area contributed by atoms with Crippen molar-refractivity contribution < 1.29 is 14.4 Å². The zero-order chi connectivity index (χ0) is 25.4. The monoisotopic (exact) mass is 495 g/mol. The molecule has 7 heteroatoms. The van der Waals surface area contributed by atoms with Crippen LogP contribution in [0.3, 0.4) is 0 Å². The number of imide groups is 2. The zero-order valence-electron chi connectivity index (χ0n) is 19.7. The molecule has 0 bridgehead atoms. The van der Waals surface area contributed by atoms with E-state index in [1.165, 1.54) is 14.1 Å². The molecule has 0 atom stereocenters. The minimum atomic E-state index is -0.658. The molecule has 4 amide bonds. The average molecular weight is 496 g/mol. The van der Waals surface area contributed by atoms with Gasteiger partial charge in [-0.2, -0.15) is 0 Å². The second kappa shape index (κ2) is 9.32. The van der Waals surface area contributed by atoms with E-state index >= 15 is 0 Å². The maximum Gasteiger partial charge on any atom is 0.333 e. The van der Waals surface area contributed by atoms with Gasteiger partial charge in [-0.15, -0.1) is 0 Å². The lowest BCUT2D eigenvalue weighted by Crippen LogP contribution is -2.52. The smallest absolute Gasteiger partial charge is 0.309 e. The molecule has 6 nitrogen and oxygen atoms in total. The van der Waals surface area contributed by atoms with Crippen LogP contribution in [0.25, 0.3) is 34.3 Å². The molecule has 1 aromatic heterocycles. The van der Waals surface area contributed by atoms with Gasteiger partial charge in [0.1, 0.15) is 5.57 Å². The summed E-state index contributed by atoms with van der Waals surface area (Å²) in [6.45, 7) is 0. The number of carbonyl (C=O) groups is 3. The van der Waals surface area contributed by atoms with Crippen molar-refractivity contribution in [1.29, 1.82) is 0 Å².